The third-order valence-electron chi connectivity index (χ3n) is 4.55. The zero-order chi connectivity index (χ0) is 13.9. The normalized spacial score (nSPS) is 23.3. The van der Waals surface area contributed by atoms with Crippen LogP contribution < -0.4 is 0 Å². The zero-order valence-electron chi connectivity index (χ0n) is 11.8. The molecule has 19 heavy (non-hydrogen) atoms. The lowest BCUT2D eigenvalue weighted by Crippen LogP contribution is -2.53. The van der Waals surface area contributed by atoms with Gasteiger partial charge in [0.05, 0.1) is 0 Å². The molecule has 110 valence electrons. The molecule has 0 aromatic carbocycles. The molecule has 2 rings (SSSR count). The molecule has 0 heterocycles. The number of hydrogen-bond acceptors (Lipinski definition) is 1. The lowest BCUT2D eigenvalue weighted by Gasteiger charge is -2.42. The Labute approximate surface area is 114 Å². The van der Waals surface area contributed by atoms with Crippen LogP contribution in [0.2, 0.25) is 0 Å². The van der Waals surface area contributed by atoms with E-state index in [2.05, 4.69) is 0 Å². The first-order valence-corrected chi connectivity index (χ1v) is 7.71. The lowest BCUT2D eigenvalue weighted by molar-refractivity contribution is -0.162. The van der Waals surface area contributed by atoms with Gasteiger partial charge in [0.2, 0.25) is 0 Å². The number of halogens is 2. The summed E-state index contributed by atoms with van der Waals surface area (Å²) in [5, 5.41) is 0. The van der Waals surface area contributed by atoms with Gasteiger partial charge in [0.1, 0.15) is 0 Å². The largest absolute Gasteiger partial charge is 0.332 e. The van der Waals surface area contributed by atoms with Crippen molar-refractivity contribution in [2.75, 3.05) is 0 Å². The van der Waals surface area contributed by atoms with E-state index in [0.29, 0.717) is 0 Å². The number of nitrogens with zero attached hydrogens (tertiary/aromatic N) is 1. The number of hydrogen-bond donors (Lipinski definition) is 0. The van der Waals surface area contributed by atoms with Crippen molar-refractivity contribution < 1.29 is 13.6 Å². The number of alkyl halides is 2. The molecule has 0 N–H and O–H groups in total. The Hall–Kier alpha value is -0.670. The second kappa shape index (κ2) is 6.19. The van der Waals surface area contributed by atoms with E-state index < -0.39 is 11.8 Å². The van der Waals surface area contributed by atoms with Gasteiger partial charge in [0.25, 0.3) is 5.91 Å². The van der Waals surface area contributed by atoms with Crippen LogP contribution >= 0.6 is 0 Å². The Morgan fingerprint density at radius 1 is 0.895 bits per heavy atom. The first-order chi connectivity index (χ1) is 9.00. The Balaban J connectivity index is 2.13. The number of carbonyl (C=O) groups is 1. The van der Waals surface area contributed by atoms with Crippen LogP contribution in [0.5, 0.6) is 0 Å². The van der Waals surface area contributed by atoms with Crippen molar-refractivity contribution in [1.82, 2.24) is 4.90 Å². The van der Waals surface area contributed by atoms with Crippen LogP contribution in [0.15, 0.2) is 0 Å². The molecule has 0 atom stereocenters. The van der Waals surface area contributed by atoms with E-state index in [0.717, 1.165) is 58.3 Å². The molecule has 0 aromatic heterocycles. The lowest BCUT2D eigenvalue weighted by atomic mass is 9.88. The van der Waals surface area contributed by atoms with Crippen molar-refractivity contribution in [3.63, 3.8) is 0 Å². The van der Waals surface area contributed by atoms with Crippen LogP contribution in [0.25, 0.3) is 0 Å². The van der Waals surface area contributed by atoms with Gasteiger partial charge in [-0.25, -0.2) is 0 Å². The molecule has 2 aliphatic rings. The zero-order valence-corrected chi connectivity index (χ0v) is 11.8. The summed E-state index contributed by atoms with van der Waals surface area (Å²) < 4.78 is 27.0. The van der Waals surface area contributed by atoms with E-state index in [1.54, 1.807) is 4.90 Å². The highest BCUT2D eigenvalue weighted by Gasteiger charge is 2.42. The second-order valence-corrected chi connectivity index (χ2v) is 6.18. The van der Waals surface area contributed by atoms with Gasteiger partial charge >= 0.3 is 5.92 Å². The van der Waals surface area contributed by atoms with E-state index in [1.165, 1.54) is 12.8 Å². The third kappa shape index (κ3) is 3.67. The summed E-state index contributed by atoms with van der Waals surface area (Å²) in [6.07, 6.45) is 10.2. The van der Waals surface area contributed by atoms with Crippen molar-refractivity contribution in [2.24, 2.45) is 0 Å². The SMILES string of the molecule is CC(F)(F)C(=O)N(C1CCCCC1)C1CCCCC1. The van der Waals surface area contributed by atoms with Crippen molar-refractivity contribution >= 4 is 5.91 Å². The molecule has 4 heteroatoms. The van der Waals surface area contributed by atoms with Crippen LogP contribution in [-0.2, 0) is 4.79 Å². The topological polar surface area (TPSA) is 20.3 Å². The third-order valence-corrected chi connectivity index (χ3v) is 4.55. The molecule has 1 amide bonds. The minimum absolute atomic E-state index is 0.0511. The standard InChI is InChI=1S/C15H25F2NO/c1-15(16,17)14(19)18(12-8-4-2-5-9-12)13-10-6-3-7-11-13/h12-13H,2-11H2,1H3. The molecule has 0 aromatic rings. The van der Waals surface area contributed by atoms with Crippen LogP contribution in [-0.4, -0.2) is 28.8 Å². The first-order valence-electron chi connectivity index (χ1n) is 7.71. The van der Waals surface area contributed by atoms with E-state index in [-0.39, 0.29) is 12.1 Å². The predicted octanol–water partition coefficient (Wildman–Crippen LogP) is 4.14. The Morgan fingerprint density at radius 3 is 1.58 bits per heavy atom. The molecule has 2 nitrogen and oxygen atoms in total. The molecule has 2 saturated carbocycles. The van der Waals surface area contributed by atoms with Gasteiger partial charge in [-0.15, -0.1) is 0 Å². The van der Waals surface area contributed by atoms with Crippen molar-refractivity contribution in [2.45, 2.75) is 89.1 Å². The minimum atomic E-state index is -3.23. The molecular weight excluding hydrogens is 248 g/mol. The van der Waals surface area contributed by atoms with Gasteiger partial charge in [-0.05, 0) is 25.7 Å². The van der Waals surface area contributed by atoms with E-state index in [9.17, 15) is 13.6 Å². The maximum Gasteiger partial charge on any atom is 0.322 e. The first kappa shape index (κ1) is 14.7. The second-order valence-electron chi connectivity index (χ2n) is 6.18. The van der Waals surface area contributed by atoms with Gasteiger partial charge in [0.15, 0.2) is 0 Å². The fraction of sp³-hybridized carbons (Fsp3) is 0.933. The minimum Gasteiger partial charge on any atom is -0.332 e. The Kier molecular flexibility index (Phi) is 4.80. The highest BCUT2D eigenvalue weighted by Crippen LogP contribution is 2.32. The Bertz CT molecular complexity index is 284. The molecule has 0 saturated heterocycles. The van der Waals surface area contributed by atoms with Crippen LogP contribution in [0.3, 0.4) is 0 Å². The summed E-state index contributed by atoms with van der Waals surface area (Å²) in [5.41, 5.74) is 0. The molecule has 0 unspecified atom stereocenters. The summed E-state index contributed by atoms with van der Waals surface area (Å²) >= 11 is 0. The van der Waals surface area contributed by atoms with E-state index in [1.807, 2.05) is 0 Å². The van der Waals surface area contributed by atoms with Crippen LogP contribution in [0.1, 0.15) is 71.1 Å². The average Bonchev–Trinajstić information content (AvgIpc) is 2.40. The summed E-state index contributed by atoms with van der Waals surface area (Å²) in [5.74, 6) is -4.17. The van der Waals surface area contributed by atoms with E-state index in [4.69, 9.17) is 0 Å². The highest BCUT2D eigenvalue weighted by atomic mass is 19.3. The molecule has 0 radical (unpaired) electrons. The van der Waals surface area contributed by atoms with Gasteiger partial charge in [-0.3, -0.25) is 4.79 Å². The van der Waals surface area contributed by atoms with Gasteiger partial charge in [-0.1, -0.05) is 38.5 Å². The molecule has 2 aliphatic carbocycles. The Morgan fingerprint density at radius 2 is 1.26 bits per heavy atom. The molecule has 0 aliphatic heterocycles. The molecule has 0 spiro atoms. The smallest absolute Gasteiger partial charge is 0.322 e. The quantitative estimate of drug-likeness (QED) is 0.757. The number of rotatable bonds is 3. The van der Waals surface area contributed by atoms with Crippen LogP contribution in [0.4, 0.5) is 8.78 Å². The summed E-state index contributed by atoms with van der Waals surface area (Å²) in [7, 11) is 0. The fourth-order valence-corrected chi connectivity index (χ4v) is 3.57. The number of carbonyl (C=O) groups excluding carboxylic acids is 1. The maximum absolute atomic E-state index is 13.5. The number of amides is 1. The van der Waals surface area contributed by atoms with Crippen molar-refractivity contribution in [3.05, 3.63) is 0 Å². The summed E-state index contributed by atoms with van der Waals surface area (Å²) in [4.78, 5) is 13.7. The van der Waals surface area contributed by atoms with E-state index >= 15 is 0 Å². The average molecular weight is 273 g/mol. The monoisotopic (exact) mass is 273 g/mol. The molecular formula is C15H25F2NO. The highest BCUT2D eigenvalue weighted by molar-refractivity contribution is 5.83. The van der Waals surface area contributed by atoms with Crippen LogP contribution in [0, 0.1) is 0 Å². The molecule has 0 bridgehead atoms. The van der Waals surface area contributed by atoms with Gasteiger partial charge < -0.3 is 4.90 Å². The van der Waals surface area contributed by atoms with Crippen molar-refractivity contribution in [3.8, 4) is 0 Å². The fourth-order valence-electron chi connectivity index (χ4n) is 3.57. The van der Waals surface area contributed by atoms with Gasteiger partial charge in [0, 0.05) is 19.0 Å². The summed E-state index contributed by atoms with van der Waals surface area (Å²) in [6, 6.07) is 0.102. The van der Waals surface area contributed by atoms with Gasteiger partial charge in [-0.2, -0.15) is 8.78 Å². The predicted molar refractivity (Wildman–Crippen MR) is 71.2 cm³/mol. The van der Waals surface area contributed by atoms with Crippen molar-refractivity contribution in [1.29, 1.82) is 0 Å². The maximum atomic E-state index is 13.5. The summed E-state index contributed by atoms with van der Waals surface area (Å²) in [6.45, 7) is 0.744. The molecule has 2 fully saturated rings.